The van der Waals surface area contributed by atoms with E-state index in [-0.39, 0.29) is 11.7 Å². The zero-order valence-corrected chi connectivity index (χ0v) is 22.0. The minimum atomic E-state index is 0.00868. The standard InChI is InChI=1S/C29H33N7O2/c1-33(2)28-27-24(13-15-31-28)34(16-6-7-17-38-20-21-8-4-3-5-9-21)26(32-27)19-35-25-18-30-14-12-23(25)36(29(35)37)22-10-11-22/h3-5,8-9,12-15,18,22H,6-7,10-11,16-17,19-20H2,1-2H3. The predicted octanol–water partition coefficient (Wildman–Crippen LogP) is 4.39. The van der Waals surface area contributed by atoms with Gasteiger partial charge in [-0.25, -0.2) is 14.8 Å². The Morgan fingerprint density at radius 3 is 2.58 bits per heavy atom. The van der Waals surface area contributed by atoms with E-state index >= 15 is 0 Å². The maximum absolute atomic E-state index is 13.5. The van der Waals surface area contributed by atoms with Gasteiger partial charge in [0.15, 0.2) is 5.82 Å². The molecule has 1 fully saturated rings. The lowest BCUT2D eigenvalue weighted by Crippen LogP contribution is -2.25. The molecule has 0 unspecified atom stereocenters. The van der Waals surface area contributed by atoms with Crippen LogP contribution in [0.1, 0.15) is 43.1 Å². The fourth-order valence-corrected chi connectivity index (χ4v) is 5.13. The van der Waals surface area contributed by atoms with Crippen molar-refractivity contribution in [2.24, 2.45) is 0 Å². The van der Waals surface area contributed by atoms with Gasteiger partial charge in [-0.1, -0.05) is 30.3 Å². The van der Waals surface area contributed by atoms with E-state index in [0.29, 0.717) is 19.8 Å². The molecule has 0 aliphatic heterocycles. The Morgan fingerprint density at radius 1 is 0.974 bits per heavy atom. The molecule has 9 nitrogen and oxygen atoms in total. The fraction of sp³-hybridized carbons (Fsp3) is 0.379. The molecule has 0 spiro atoms. The number of fused-ring (bicyclic) bond motifs is 2. The van der Waals surface area contributed by atoms with Gasteiger partial charge in [0.2, 0.25) is 0 Å². The maximum Gasteiger partial charge on any atom is 0.329 e. The molecule has 1 saturated carbocycles. The number of benzene rings is 1. The van der Waals surface area contributed by atoms with Gasteiger partial charge in [0, 0.05) is 45.7 Å². The molecule has 4 aromatic heterocycles. The van der Waals surface area contributed by atoms with Crippen LogP contribution in [0.2, 0.25) is 0 Å². The van der Waals surface area contributed by atoms with Crippen LogP contribution in [-0.4, -0.2) is 49.4 Å². The number of unbranched alkanes of at least 4 members (excludes halogenated alkanes) is 1. The summed E-state index contributed by atoms with van der Waals surface area (Å²) in [4.78, 5) is 29.5. The van der Waals surface area contributed by atoms with Crippen LogP contribution in [0.4, 0.5) is 5.82 Å². The quantitative estimate of drug-likeness (QED) is 0.245. The molecular weight excluding hydrogens is 478 g/mol. The first-order chi connectivity index (χ1) is 18.6. The van der Waals surface area contributed by atoms with Gasteiger partial charge in [0.05, 0.1) is 35.9 Å². The number of aryl methyl sites for hydroxylation is 1. The van der Waals surface area contributed by atoms with E-state index in [9.17, 15) is 4.79 Å². The second kappa shape index (κ2) is 10.4. The molecule has 5 aromatic rings. The topological polar surface area (TPSA) is 83.0 Å². The van der Waals surface area contributed by atoms with Crippen molar-refractivity contribution < 1.29 is 4.74 Å². The number of anilines is 1. The molecule has 0 atom stereocenters. The molecule has 1 aliphatic rings. The van der Waals surface area contributed by atoms with E-state index in [1.165, 1.54) is 5.56 Å². The minimum Gasteiger partial charge on any atom is -0.377 e. The number of hydrogen-bond donors (Lipinski definition) is 0. The molecule has 0 bridgehead atoms. The summed E-state index contributed by atoms with van der Waals surface area (Å²) in [6, 6.07) is 14.5. The Bertz CT molecular complexity index is 1610. The lowest BCUT2D eigenvalue weighted by Gasteiger charge is -2.12. The van der Waals surface area contributed by atoms with Crippen molar-refractivity contribution in [1.29, 1.82) is 0 Å². The van der Waals surface area contributed by atoms with Gasteiger partial charge in [-0.05, 0) is 43.4 Å². The van der Waals surface area contributed by atoms with Gasteiger partial charge in [-0.15, -0.1) is 0 Å². The number of ether oxygens (including phenoxy) is 1. The van der Waals surface area contributed by atoms with Crippen molar-refractivity contribution in [1.82, 2.24) is 28.7 Å². The summed E-state index contributed by atoms with van der Waals surface area (Å²) >= 11 is 0. The van der Waals surface area contributed by atoms with Crippen LogP contribution in [0.25, 0.3) is 22.1 Å². The Hall–Kier alpha value is -3.98. The van der Waals surface area contributed by atoms with E-state index in [1.807, 2.05) is 64.7 Å². The molecule has 38 heavy (non-hydrogen) atoms. The fourth-order valence-electron chi connectivity index (χ4n) is 5.13. The molecular formula is C29H33N7O2. The summed E-state index contributed by atoms with van der Waals surface area (Å²) in [7, 11) is 3.95. The Labute approximate surface area is 221 Å². The normalized spacial score (nSPS) is 13.5. The first-order valence-electron chi connectivity index (χ1n) is 13.3. The summed E-state index contributed by atoms with van der Waals surface area (Å²) < 4.78 is 11.9. The average molecular weight is 512 g/mol. The van der Waals surface area contributed by atoms with E-state index in [4.69, 9.17) is 9.72 Å². The molecule has 9 heteroatoms. The Kier molecular flexibility index (Phi) is 6.68. The number of imidazole rings is 2. The highest BCUT2D eigenvalue weighted by Crippen LogP contribution is 2.36. The van der Waals surface area contributed by atoms with Gasteiger partial charge in [0.1, 0.15) is 11.3 Å². The second-order valence-electron chi connectivity index (χ2n) is 10.2. The van der Waals surface area contributed by atoms with Crippen LogP contribution >= 0.6 is 0 Å². The smallest absolute Gasteiger partial charge is 0.329 e. The summed E-state index contributed by atoms with van der Waals surface area (Å²) in [5.74, 6) is 1.67. The molecule has 0 saturated heterocycles. The third-order valence-corrected chi connectivity index (χ3v) is 7.16. The highest BCUT2D eigenvalue weighted by molar-refractivity contribution is 5.86. The van der Waals surface area contributed by atoms with Gasteiger partial charge >= 0.3 is 5.69 Å². The maximum atomic E-state index is 13.5. The third kappa shape index (κ3) is 4.69. The first kappa shape index (κ1) is 24.4. The molecule has 1 aliphatic carbocycles. The van der Waals surface area contributed by atoms with Gasteiger partial charge < -0.3 is 14.2 Å². The Balaban J connectivity index is 1.27. The second-order valence-corrected chi connectivity index (χ2v) is 10.2. The lowest BCUT2D eigenvalue weighted by atomic mass is 10.2. The number of nitrogens with zero attached hydrogens (tertiary/aromatic N) is 7. The summed E-state index contributed by atoms with van der Waals surface area (Å²) in [6.45, 7) is 2.49. The predicted molar refractivity (Wildman–Crippen MR) is 149 cm³/mol. The van der Waals surface area contributed by atoms with E-state index in [1.54, 1.807) is 12.4 Å². The number of aromatic nitrogens is 6. The van der Waals surface area contributed by atoms with Gasteiger partial charge in [0.25, 0.3) is 0 Å². The molecule has 0 N–H and O–H groups in total. The van der Waals surface area contributed by atoms with Crippen LogP contribution < -0.4 is 10.6 Å². The lowest BCUT2D eigenvalue weighted by molar-refractivity contribution is 0.116. The number of hydrogen-bond acceptors (Lipinski definition) is 6. The molecule has 4 heterocycles. The zero-order chi connectivity index (χ0) is 26.1. The van der Waals surface area contributed by atoms with Crippen LogP contribution in [0, 0.1) is 0 Å². The zero-order valence-electron chi connectivity index (χ0n) is 22.0. The van der Waals surface area contributed by atoms with Gasteiger partial charge in [-0.2, -0.15) is 0 Å². The van der Waals surface area contributed by atoms with Crippen LogP contribution in [0.5, 0.6) is 0 Å². The van der Waals surface area contributed by atoms with E-state index in [2.05, 4.69) is 26.7 Å². The summed E-state index contributed by atoms with van der Waals surface area (Å²) in [6.07, 6.45) is 9.34. The molecule has 0 amide bonds. The summed E-state index contributed by atoms with van der Waals surface area (Å²) in [5.41, 5.74) is 4.87. The number of rotatable bonds is 11. The number of pyridine rings is 2. The van der Waals surface area contributed by atoms with Crippen molar-refractivity contribution in [3.05, 3.63) is 82.9 Å². The Morgan fingerprint density at radius 2 is 1.79 bits per heavy atom. The highest BCUT2D eigenvalue weighted by Gasteiger charge is 2.29. The monoisotopic (exact) mass is 511 g/mol. The van der Waals surface area contributed by atoms with Crippen LogP contribution in [0.15, 0.2) is 65.8 Å². The average Bonchev–Trinajstić information content (AvgIpc) is 3.65. The van der Waals surface area contributed by atoms with Crippen molar-refractivity contribution in [2.75, 3.05) is 25.6 Å². The van der Waals surface area contributed by atoms with E-state index in [0.717, 1.165) is 65.9 Å². The van der Waals surface area contributed by atoms with Crippen molar-refractivity contribution in [3.8, 4) is 0 Å². The minimum absolute atomic E-state index is 0.00868. The van der Waals surface area contributed by atoms with Crippen LogP contribution in [0.3, 0.4) is 0 Å². The SMILES string of the molecule is CN(C)c1nccc2c1nc(Cn1c(=O)n(C3CC3)c3ccncc31)n2CCCCOCc1ccccc1. The molecule has 196 valence electrons. The largest absolute Gasteiger partial charge is 0.377 e. The van der Waals surface area contributed by atoms with Crippen molar-refractivity contribution in [3.63, 3.8) is 0 Å². The van der Waals surface area contributed by atoms with Crippen LogP contribution in [-0.2, 0) is 24.4 Å². The summed E-state index contributed by atoms with van der Waals surface area (Å²) in [5, 5.41) is 0. The molecule has 1 aromatic carbocycles. The van der Waals surface area contributed by atoms with E-state index < -0.39 is 0 Å². The third-order valence-electron chi connectivity index (χ3n) is 7.16. The van der Waals surface area contributed by atoms with Crippen molar-refractivity contribution >= 4 is 27.9 Å². The highest BCUT2D eigenvalue weighted by atomic mass is 16.5. The van der Waals surface area contributed by atoms with Gasteiger partial charge in [-0.3, -0.25) is 14.1 Å². The molecule has 6 rings (SSSR count). The van der Waals surface area contributed by atoms with Crippen molar-refractivity contribution in [2.45, 2.75) is 51.4 Å². The molecule has 0 radical (unpaired) electrons. The first-order valence-corrected chi connectivity index (χ1v) is 13.3.